The number of nitrogens with zero attached hydrogens (tertiary/aromatic N) is 2. The Labute approximate surface area is 108 Å². The second-order valence-corrected chi connectivity index (χ2v) is 5.15. The maximum Gasteiger partial charge on any atom is 0.137 e. The molecule has 0 saturated heterocycles. The summed E-state index contributed by atoms with van der Waals surface area (Å²) in [6, 6.07) is 7.93. The largest absolute Gasteiger partial charge is 0.490 e. The second kappa shape index (κ2) is 4.49. The third-order valence-electron chi connectivity index (χ3n) is 3.03. The van der Waals surface area contributed by atoms with Gasteiger partial charge in [-0.15, -0.1) is 0 Å². The molecule has 1 fully saturated rings. The van der Waals surface area contributed by atoms with Gasteiger partial charge >= 0.3 is 0 Å². The van der Waals surface area contributed by atoms with Crippen molar-refractivity contribution < 1.29 is 4.74 Å². The first-order chi connectivity index (χ1) is 8.31. The topological polar surface area (TPSA) is 50.8 Å². The molecule has 1 aromatic carbocycles. The summed E-state index contributed by atoms with van der Waals surface area (Å²) in [7, 11) is 0. The standard InChI is InChI=1S/C12H12BrN3O/c13-9-1-3-10(4-2-9)17-11-5-8(6-11)12-14-7-15-16-12/h1-4,7-8,11H,5-6H2,(H,14,15,16). The molecular weight excluding hydrogens is 282 g/mol. The average Bonchev–Trinajstić information content (AvgIpc) is 2.78. The first kappa shape index (κ1) is 10.8. The minimum absolute atomic E-state index is 0.297. The Morgan fingerprint density at radius 3 is 2.65 bits per heavy atom. The van der Waals surface area contributed by atoms with E-state index in [0.29, 0.717) is 12.0 Å². The number of halogens is 1. The van der Waals surface area contributed by atoms with Crippen LogP contribution in [0.25, 0.3) is 0 Å². The highest BCUT2D eigenvalue weighted by atomic mass is 79.9. The molecule has 17 heavy (non-hydrogen) atoms. The maximum absolute atomic E-state index is 5.85. The van der Waals surface area contributed by atoms with Gasteiger partial charge in [0.2, 0.25) is 0 Å². The molecule has 0 radical (unpaired) electrons. The van der Waals surface area contributed by atoms with Crippen molar-refractivity contribution in [2.24, 2.45) is 0 Å². The number of aromatic amines is 1. The van der Waals surface area contributed by atoms with Crippen molar-refractivity contribution in [3.8, 4) is 5.75 Å². The van der Waals surface area contributed by atoms with Crippen LogP contribution in [-0.2, 0) is 0 Å². The third kappa shape index (κ3) is 2.34. The van der Waals surface area contributed by atoms with Gasteiger partial charge in [0.1, 0.15) is 24.0 Å². The predicted octanol–water partition coefficient (Wildman–Crippen LogP) is 2.89. The zero-order valence-electron chi connectivity index (χ0n) is 9.14. The fourth-order valence-corrected chi connectivity index (χ4v) is 2.27. The Morgan fingerprint density at radius 2 is 2.00 bits per heavy atom. The zero-order valence-corrected chi connectivity index (χ0v) is 10.7. The van der Waals surface area contributed by atoms with Crippen molar-refractivity contribution in [1.29, 1.82) is 0 Å². The smallest absolute Gasteiger partial charge is 0.137 e. The molecule has 1 aliphatic rings. The summed E-state index contributed by atoms with van der Waals surface area (Å²) in [6.45, 7) is 0. The van der Waals surface area contributed by atoms with Gasteiger partial charge in [-0.1, -0.05) is 15.9 Å². The molecule has 1 heterocycles. The predicted molar refractivity (Wildman–Crippen MR) is 66.9 cm³/mol. The van der Waals surface area contributed by atoms with Gasteiger partial charge in [-0.2, -0.15) is 5.10 Å². The molecule has 0 bridgehead atoms. The molecule has 0 amide bonds. The number of benzene rings is 1. The van der Waals surface area contributed by atoms with Gasteiger partial charge in [0.15, 0.2) is 0 Å². The summed E-state index contributed by atoms with van der Waals surface area (Å²) >= 11 is 3.40. The van der Waals surface area contributed by atoms with Gasteiger partial charge in [0.05, 0.1) is 0 Å². The van der Waals surface area contributed by atoms with Gasteiger partial charge < -0.3 is 4.74 Å². The van der Waals surface area contributed by atoms with Crippen LogP contribution in [0.15, 0.2) is 35.1 Å². The number of aromatic nitrogens is 3. The van der Waals surface area contributed by atoms with Crippen molar-refractivity contribution >= 4 is 15.9 Å². The highest BCUT2D eigenvalue weighted by Gasteiger charge is 2.33. The minimum atomic E-state index is 0.297. The normalized spacial score (nSPS) is 23.1. The molecule has 5 heteroatoms. The van der Waals surface area contributed by atoms with Crippen LogP contribution in [0.1, 0.15) is 24.6 Å². The van der Waals surface area contributed by atoms with E-state index in [0.717, 1.165) is 28.9 Å². The van der Waals surface area contributed by atoms with E-state index in [2.05, 4.69) is 31.1 Å². The van der Waals surface area contributed by atoms with Crippen molar-refractivity contribution in [2.45, 2.75) is 24.9 Å². The zero-order chi connectivity index (χ0) is 11.7. The summed E-state index contributed by atoms with van der Waals surface area (Å²) in [4.78, 5) is 4.16. The molecule has 0 spiro atoms. The van der Waals surface area contributed by atoms with E-state index < -0.39 is 0 Å². The van der Waals surface area contributed by atoms with E-state index in [4.69, 9.17) is 4.74 Å². The highest BCUT2D eigenvalue weighted by Crippen LogP contribution is 2.37. The number of hydrogen-bond donors (Lipinski definition) is 1. The van der Waals surface area contributed by atoms with Crippen LogP contribution in [0, 0.1) is 0 Å². The van der Waals surface area contributed by atoms with E-state index in [1.807, 2.05) is 24.3 Å². The molecule has 0 unspecified atom stereocenters. The summed E-state index contributed by atoms with van der Waals surface area (Å²) in [5, 5.41) is 6.77. The van der Waals surface area contributed by atoms with Crippen LogP contribution in [0.3, 0.4) is 0 Å². The molecular formula is C12H12BrN3O. The summed E-state index contributed by atoms with van der Waals surface area (Å²) in [6.07, 6.45) is 3.86. The number of rotatable bonds is 3. The molecule has 3 rings (SSSR count). The fraction of sp³-hybridized carbons (Fsp3) is 0.333. The first-order valence-corrected chi connectivity index (χ1v) is 6.38. The van der Waals surface area contributed by atoms with E-state index in [9.17, 15) is 0 Å². The quantitative estimate of drug-likeness (QED) is 0.947. The highest BCUT2D eigenvalue weighted by molar-refractivity contribution is 9.10. The molecule has 0 aliphatic heterocycles. The van der Waals surface area contributed by atoms with Crippen LogP contribution < -0.4 is 4.74 Å². The Bertz CT molecular complexity index is 477. The molecule has 2 aromatic rings. The van der Waals surface area contributed by atoms with Crippen LogP contribution in [-0.4, -0.2) is 21.3 Å². The first-order valence-electron chi connectivity index (χ1n) is 5.59. The number of H-pyrrole nitrogens is 1. The van der Waals surface area contributed by atoms with E-state index >= 15 is 0 Å². The second-order valence-electron chi connectivity index (χ2n) is 4.23. The molecule has 1 aliphatic carbocycles. The SMILES string of the molecule is Brc1ccc(OC2CC(c3ncn[nH]3)C2)cc1. The third-order valence-corrected chi connectivity index (χ3v) is 3.56. The summed E-state index contributed by atoms with van der Waals surface area (Å²) in [5.74, 6) is 2.37. The molecule has 0 atom stereocenters. The van der Waals surface area contributed by atoms with Crippen molar-refractivity contribution in [1.82, 2.24) is 15.2 Å². The Hall–Kier alpha value is -1.36. The average molecular weight is 294 g/mol. The molecule has 88 valence electrons. The monoisotopic (exact) mass is 293 g/mol. The van der Waals surface area contributed by atoms with E-state index in [1.165, 1.54) is 0 Å². The molecule has 1 N–H and O–H groups in total. The maximum atomic E-state index is 5.85. The summed E-state index contributed by atoms with van der Waals surface area (Å²) in [5.41, 5.74) is 0. The van der Waals surface area contributed by atoms with Crippen LogP contribution in [0.4, 0.5) is 0 Å². The Kier molecular flexibility index (Phi) is 2.84. The molecule has 1 saturated carbocycles. The summed E-state index contributed by atoms with van der Waals surface area (Å²) < 4.78 is 6.92. The van der Waals surface area contributed by atoms with E-state index in [-0.39, 0.29) is 0 Å². The lowest BCUT2D eigenvalue weighted by Gasteiger charge is -2.33. The van der Waals surface area contributed by atoms with E-state index in [1.54, 1.807) is 6.33 Å². The minimum Gasteiger partial charge on any atom is -0.490 e. The lowest BCUT2D eigenvalue weighted by molar-refractivity contribution is 0.0954. The van der Waals surface area contributed by atoms with Crippen molar-refractivity contribution in [3.63, 3.8) is 0 Å². The number of nitrogens with one attached hydrogen (secondary N) is 1. The van der Waals surface area contributed by atoms with Crippen LogP contribution in [0.2, 0.25) is 0 Å². The van der Waals surface area contributed by atoms with Gasteiger partial charge in [-0.25, -0.2) is 4.98 Å². The van der Waals surface area contributed by atoms with Gasteiger partial charge in [0, 0.05) is 10.4 Å². The Balaban J connectivity index is 1.55. The molecule has 4 nitrogen and oxygen atoms in total. The van der Waals surface area contributed by atoms with Crippen molar-refractivity contribution in [2.75, 3.05) is 0 Å². The van der Waals surface area contributed by atoms with Crippen LogP contribution in [0.5, 0.6) is 5.75 Å². The lowest BCUT2D eigenvalue weighted by atomic mass is 9.82. The number of ether oxygens (including phenoxy) is 1. The van der Waals surface area contributed by atoms with Crippen molar-refractivity contribution in [3.05, 3.63) is 40.9 Å². The lowest BCUT2D eigenvalue weighted by Crippen LogP contribution is -2.32. The number of hydrogen-bond acceptors (Lipinski definition) is 3. The fourth-order valence-electron chi connectivity index (χ4n) is 2.00. The Morgan fingerprint density at radius 1 is 1.24 bits per heavy atom. The van der Waals surface area contributed by atoms with Gasteiger partial charge in [-0.3, -0.25) is 5.10 Å². The van der Waals surface area contributed by atoms with Crippen LogP contribution >= 0.6 is 15.9 Å². The molecule has 1 aromatic heterocycles. The van der Waals surface area contributed by atoms with Gasteiger partial charge in [0.25, 0.3) is 0 Å². The van der Waals surface area contributed by atoms with Gasteiger partial charge in [-0.05, 0) is 37.1 Å².